The number of benzene rings is 2. The highest BCUT2D eigenvalue weighted by Gasteiger charge is 2.14. The van der Waals surface area contributed by atoms with Crippen LogP contribution in [0.25, 0.3) is 0 Å². The molecule has 0 fully saturated rings. The first-order chi connectivity index (χ1) is 9.02. The molecule has 0 aliphatic heterocycles. The largest absolute Gasteiger partial charge is 0.352 e. The second-order valence-electron chi connectivity index (χ2n) is 3.65. The molecular weight excluding hydrogens is 293 g/mol. The summed E-state index contributed by atoms with van der Waals surface area (Å²) in [7, 11) is 0. The van der Waals surface area contributed by atoms with Gasteiger partial charge in [-0.2, -0.15) is 5.26 Å². The molecule has 0 heterocycles. The van der Waals surface area contributed by atoms with Crippen molar-refractivity contribution >= 4 is 34.6 Å². The fraction of sp³-hybridized carbons (Fsp3) is 0. The standard InChI is InChI=1S/C13H6Cl2F2N2/c14-8-2-4-10(9(15)5-8)19-11-3-1-7(6-18)12(16)13(11)17/h1-5,19H. The van der Waals surface area contributed by atoms with Crippen LogP contribution in [0.1, 0.15) is 5.56 Å². The molecule has 0 aliphatic carbocycles. The number of halogens is 4. The third-order valence-electron chi connectivity index (χ3n) is 2.40. The Morgan fingerprint density at radius 2 is 1.68 bits per heavy atom. The van der Waals surface area contributed by atoms with Gasteiger partial charge in [-0.25, -0.2) is 8.78 Å². The minimum atomic E-state index is -1.20. The maximum absolute atomic E-state index is 13.7. The second kappa shape index (κ2) is 5.43. The van der Waals surface area contributed by atoms with E-state index in [-0.39, 0.29) is 16.3 Å². The van der Waals surface area contributed by atoms with Crippen molar-refractivity contribution in [2.75, 3.05) is 5.32 Å². The van der Waals surface area contributed by atoms with Gasteiger partial charge in [-0.1, -0.05) is 23.2 Å². The number of rotatable bonds is 2. The molecule has 1 N–H and O–H groups in total. The SMILES string of the molecule is N#Cc1ccc(Nc2ccc(Cl)cc2Cl)c(F)c1F. The Labute approximate surface area is 118 Å². The van der Waals surface area contributed by atoms with Gasteiger partial charge < -0.3 is 5.32 Å². The number of anilines is 2. The van der Waals surface area contributed by atoms with Crippen molar-refractivity contribution in [2.45, 2.75) is 0 Å². The molecular formula is C13H6Cl2F2N2. The lowest BCUT2D eigenvalue weighted by Gasteiger charge is -2.10. The summed E-state index contributed by atoms with van der Waals surface area (Å²) in [6.07, 6.45) is 0. The first-order valence-electron chi connectivity index (χ1n) is 5.13. The molecule has 2 nitrogen and oxygen atoms in total. The van der Waals surface area contributed by atoms with E-state index in [1.54, 1.807) is 18.2 Å². The summed E-state index contributed by atoms with van der Waals surface area (Å²) in [5, 5.41) is 11.9. The molecule has 0 aliphatic rings. The highest BCUT2D eigenvalue weighted by atomic mass is 35.5. The summed E-state index contributed by atoms with van der Waals surface area (Å²) in [5.41, 5.74) is -0.0833. The zero-order chi connectivity index (χ0) is 14.0. The van der Waals surface area contributed by atoms with Crippen LogP contribution in [0.4, 0.5) is 20.2 Å². The van der Waals surface area contributed by atoms with Crippen LogP contribution < -0.4 is 5.32 Å². The zero-order valence-corrected chi connectivity index (χ0v) is 10.9. The van der Waals surface area contributed by atoms with Gasteiger partial charge in [0.15, 0.2) is 11.6 Å². The average Bonchev–Trinajstić information content (AvgIpc) is 2.38. The van der Waals surface area contributed by atoms with Gasteiger partial charge >= 0.3 is 0 Å². The summed E-state index contributed by atoms with van der Waals surface area (Å²) in [6, 6.07) is 8.59. The molecule has 0 saturated carbocycles. The van der Waals surface area contributed by atoms with Crippen molar-refractivity contribution in [3.63, 3.8) is 0 Å². The number of hydrogen-bond donors (Lipinski definition) is 1. The quantitative estimate of drug-likeness (QED) is 0.857. The Kier molecular flexibility index (Phi) is 3.89. The topological polar surface area (TPSA) is 35.8 Å². The second-order valence-corrected chi connectivity index (χ2v) is 4.49. The van der Waals surface area contributed by atoms with Crippen LogP contribution in [0.2, 0.25) is 10.0 Å². The minimum absolute atomic E-state index is 0.110. The third kappa shape index (κ3) is 2.78. The Bertz CT molecular complexity index is 681. The van der Waals surface area contributed by atoms with Gasteiger partial charge in [-0.05, 0) is 30.3 Å². The molecule has 0 unspecified atom stereocenters. The van der Waals surface area contributed by atoms with E-state index in [1.165, 1.54) is 18.2 Å². The van der Waals surface area contributed by atoms with E-state index in [4.69, 9.17) is 28.5 Å². The third-order valence-corrected chi connectivity index (χ3v) is 2.95. The molecule has 2 rings (SSSR count). The van der Waals surface area contributed by atoms with Gasteiger partial charge in [0.2, 0.25) is 0 Å². The van der Waals surface area contributed by atoms with Crippen LogP contribution in [-0.4, -0.2) is 0 Å². The number of hydrogen-bond acceptors (Lipinski definition) is 2. The van der Waals surface area contributed by atoms with Crippen LogP contribution >= 0.6 is 23.2 Å². The number of nitrogens with zero attached hydrogens (tertiary/aromatic N) is 1. The van der Waals surface area contributed by atoms with Crippen LogP contribution in [0, 0.1) is 23.0 Å². The van der Waals surface area contributed by atoms with E-state index in [1.807, 2.05) is 0 Å². The van der Waals surface area contributed by atoms with Gasteiger partial charge in [0.25, 0.3) is 0 Å². The Morgan fingerprint density at radius 1 is 1.00 bits per heavy atom. The van der Waals surface area contributed by atoms with Crippen LogP contribution in [0.15, 0.2) is 30.3 Å². The summed E-state index contributed by atoms with van der Waals surface area (Å²) < 4.78 is 27.1. The van der Waals surface area contributed by atoms with Crippen LogP contribution in [-0.2, 0) is 0 Å². The first-order valence-corrected chi connectivity index (χ1v) is 5.88. The molecule has 0 radical (unpaired) electrons. The highest BCUT2D eigenvalue weighted by Crippen LogP contribution is 2.30. The minimum Gasteiger partial charge on any atom is -0.352 e. The van der Waals surface area contributed by atoms with E-state index < -0.39 is 11.6 Å². The van der Waals surface area contributed by atoms with Gasteiger partial charge in [-0.15, -0.1) is 0 Å². The maximum atomic E-state index is 13.7. The summed E-state index contributed by atoms with van der Waals surface area (Å²) >= 11 is 11.6. The molecule has 0 amide bonds. The summed E-state index contributed by atoms with van der Waals surface area (Å²) in [4.78, 5) is 0. The summed E-state index contributed by atoms with van der Waals surface area (Å²) in [6.45, 7) is 0. The average molecular weight is 299 g/mol. The van der Waals surface area contributed by atoms with E-state index in [9.17, 15) is 8.78 Å². The summed E-state index contributed by atoms with van der Waals surface area (Å²) in [5.74, 6) is -2.33. The molecule has 19 heavy (non-hydrogen) atoms. The van der Waals surface area contributed by atoms with E-state index in [0.717, 1.165) is 0 Å². The van der Waals surface area contributed by atoms with Gasteiger partial charge in [0.05, 0.1) is 22.0 Å². The van der Waals surface area contributed by atoms with Crippen LogP contribution in [0.5, 0.6) is 0 Å². The van der Waals surface area contributed by atoms with Crippen LogP contribution in [0.3, 0.4) is 0 Å². The predicted molar refractivity (Wildman–Crippen MR) is 70.8 cm³/mol. The van der Waals surface area contributed by atoms with Gasteiger partial charge in [0.1, 0.15) is 6.07 Å². The molecule has 0 saturated heterocycles. The van der Waals surface area contributed by atoms with Crippen molar-refractivity contribution in [2.24, 2.45) is 0 Å². The van der Waals surface area contributed by atoms with Crippen molar-refractivity contribution in [1.29, 1.82) is 5.26 Å². The Balaban J connectivity index is 2.39. The molecule has 96 valence electrons. The molecule has 0 bridgehead atoms. The van der Waals surface area contributed by atoms with Crippen molar-refractivity contribution in [3.8, 4) is 6.07 Å². The zero-order valence-electron chi connectivity index (χ0n) is 9.35. The lowest BCUT2D eigenvalue weighted by molar-refractivity contribution is 0.509. The molecule has 2 aromatic carbocycles. The fourth-order valence-corrected chi connectivity index (χ4v) is 1.92. The van der Waals surface area contributed by atoms with E-state index in [0.29, 0.717) is 10.7 Å². The molecule has 0 aromatic heterocycles. The van der Waals surface area contributed by atoms with Crippen molar-refractivity contribution in [1.82, 2.24) is 0 Å². The molecule has 6 heteroatoms. The highest BCUT2D eigenvalue weighted by molar-refractivity contribution is 6.36. The molecule has 0 spiro atoms. The fourth-order valence-electron chi connectivity index (χ4n) is 1.47. The molecule has 0 atom stereocenters. The maximum Gasteiger partial charge on any atom is 0.183 e. The monoisotopic (exact) mass is 298 g/mol. The van der Waals surface area contributed by atoms with Gasteiger partial charge in [-0.3, -0.25) is 0 Å². The van der Waals surface area contributed by atoms with E-state index in [2.05, 4.69) is 5.32 Å². The predicted octanol–water partition coefficient (Wildman–Crippen LogP) is 4.89. The Hall–Kier alpha value is -1.83. The van der Waals surface area contributed by atoms with Crippen molar-refractivity contribution < 1.29 is 8.78 Å². The van der Waals surface area contributed by atoms with Crippen molar-refractivity contribution in [3.05, 3.63) is 57.6 Å². The normalized spacial score (nSPS) is 10.1. The van der Waals surface area contributed by atoms with Gasteiger partial charge in [0, 0.05) is 5.02 Å². The smallest absolute Gasteiger partial charge is 0.183 e. The lowest BCUT2D eigenvalue weighted by atomic mass is 10.2. The number of nitriles is 1. The molecule has 2 aromatic rings. The lowest BCUT2D eigenvalue weighted by Crippen LogP contribution is -1.99. The van der Waals surface area contributed by atoms with E-state index >= 15 is 0 Å². The number of nitrogens with one attached hydrogen (secondary N) is 1. The first kappa shape index (κ1) is 13.6. The Morgan fingerprint density at radius 3 is 2.32 bits per heavy atom.